The molecular formula is C8H4ClNO4. The van der Waals surface area contributed by atoms with Gasteiger partial charge in [0.15, 0.2) is 5.58 Å². The molecule has 6 heteroatoms. The standard InChI is InChI=1S/C8H4ClNO4/c9-4-2-1-3(7(11)12)6-5(4)10-8(13)14-6/h1-2H,(H,10,13)(H,11,12). The Morgan fingerprint density at radius 1 is 1.50 bits per heavy atom. The van der Waals surface area contributed by atoms with Gasteiger partial charge >= 0.3 is 11.7 Å². The van der Waals surface area contributed by atoms with E-state index in [0.29, 0.717) is 0 Å². The zero-order chi connectivity index (χ0) is 10.3. The lowest BCUT2D eigenvalue weighted by Gasteiger charge is -1.95. The SMILES string of the molecule is O=C(O)c1ccc(Cl)c2[nH]c(=O)oc12. The third-order valence-electron chi connectivity index (χ3n) is 1.76. The van der Waals surface area contributed by atoms with Crippen molar-refractivity contribution in [3.63, 3.8) is 0 Å². The second-order valence-electron chi connectivity index (χ2n) is 2.62. The Morgan fingerprint density at radius 3 is 2.86 bits per heavy atom. The summed E-state index contributed by atoms with van der Waals surface area (Å²) in [7, 11) is 0. The molecule has 2 rings (SSSR count). The first-order chi connectivity index (χ1) is 6.59. The first-order valence-corrected chi connectivity index (χ1v) is 4.02. The van der Waals surface area contributed by atoms with Crippen LogP contribution < -0.4 is 5.76 Å². The average Bonchev–Trinajstić information content (AvgIpc) is 2.47. The lowest BCUT2D eigenvalue weighted by atomic mass is 10.2. The second-order valence-corrected chi connectivity index (χ2v) is 3.03. The van der Waals surface area contributed by atoms with E-state index in [2.05, 4.69) is 9.40 Å². The highest BCUT2D eigenvalue weighted by atomic mass is 35.5. The first-order valence-electron chi connectivity index (χ1n) is 3.64. The van der Waals surface area contributed by atoms with Crippen LogP contribution in [0.5, 0.6) is 0 Å². The van der Waals surface area contributed by atoms with Crippen LogP contribution in [0.1, 0.15) is 10.4 Å². The number of aromatic nitrogens is 1. The number of oxazole rings is 1. The molecule has 72 valence electrons. The summed E-state index contributed by atoms with van der Waals surface area (Å²) in [5, 5.41) is 9.01. The van der Waals surface area contributed by atoms with Crippen LogP contribution in [-0.2, 0) is 0 Å². The van der Waals surface area contributed by atoms with E-state index >= 15 is 0 Å². The summed E-state index contributed by atoms with van der Waals surface area (Å²) < 4.78 is 4.66. The van der Waals surface area contributed by atoms with Crippen LogP contribution in [0.4, 0.5) is 0 Å². The summed E-state index contributed by atoms with van der Waals surface area (Å²) in [5.41, 5.74) is 0.0781. The number of halogens is 1. The Hall–Kier alpha value is -1.75. The van der Waals surface area contributed by atoms with Crippen LogP contribution in [-0.4, -0.2) is 16.1 Å². The van der Waals surface area contributed by atoms with Gasteiger partial charge in [-0.05, 0) is 12.1 Å². The van der Waals surface area contributed by atoms with Crippen LogP contribution in [0.15, 0.2) is 21.3 Å². The maximum Gasteiger partial charge on any atom is 0.417 e. The molecular weight excluding hydrogens is 210 g/mol. The third kappa shape index (κ3) is 1.18. The van der Waals surface area contributed by atoms with E-state index < -0.39 is 11.7 Å². The van der Waals surface area contributed by atoms with E-state index in [1.54, 1.807) is 0 Å². The monoisotopic (exact) mass is 213 g/mol. The average molecular weight is 214 g/mol. The zero-order valence-electron chi connectivity index (χ0n) is 6.70. The largest absolute Gasteiger partial charge is 0.478 e. The fourth-order valence-electron chi connectivity index (χ4n) is 1.17. The smallest absolute Gasteiger partial charge is 0.417 e. The van der Waals surface area contributed by atoms with Crippen LogP contribution in [0.3, 0.4) is 0 Å². The molecule has 0 fully saturated rings. The van der Waals surface area contributed by atoms with Gasteiger partial charge in [-0.3, -0.25) is 4.98 Å². The molecule has 0 aliphatic carbocycles. The Kier molecular flexibility index (Phi) is 1.82. The highest BCUT2D eigenvalue weighted by molar-refractivity contribution is 6.35. The van der Waals surface area contributed by atoms with Crippen LogP contribution in [0, 0.1) is 0 Å². The number of aromatic amines is 1. The number of carbonyl (C=O) groups is 1. The molecule has 0 atom stereocenters. The first kappa shape index (κ1) is 8.83. The fraction of sp³-hybridized carbons (Fsp3) is 0. The van der Waals surface area contributed by atoms with Crippen molar-refractivity contribution in [1.29, 1.82) is 0 Å². The minimum Gasteiger partial charge on any atom is -0.478 e. The van der Waals surface area contributed by atoms with Gasteiger partial charge in [-0.2, -0.15) is 0 Å². The number of H-pyrrole nitrogens is 1. The predicted molar refractivity (Wildman–Crippen MR) is 48.8 cm³/mol. The minimum atomic E-state index is -1.17. The number of benzene rings is 1. The number of carboxylic acid groups (broad SMARTS) is 1. The van der Waals surface area contributed by atoms with Crippen molar-refractivity contribution in [2.45, 2.75) is 0 Å². The Bertz CT molecular complexity index is 568. The van der Waals surface area contributed by atoms with E-state index in [1.165, 1.54) is 12.1 Å². The van der Waals surface area contributed by atoms with Crippen molar-refractivity contribution >= 4 is 28.7 Å². The number of carboxylic acids is 1. The molecule has 0 saturated heterocycles. The Labute approximate surface area is 81.9 Å². The highest BCUT2D eigenvalue weighted by Gasteiger charge is 2.15. The fourth-order valence-corrected chi connectivity index (χ4v) is 1.37. The molecule has 0 aliphatic rings. The molecule has 0 spiro atoms. The molecule has 0 radical (unpaired) electrons. The highest BCUT2D eigenvalue weighted by Crippen LogP contribution is 2.23. The number of nitrogens with one attached hydrogen (secondary N) is 1. The summed E-state index contributed by atoms with van der Waals surface area (Å²) in [6.07, 6.45) is 0. The Balaban J connectivity index is 2.94. The quantitative estimate of drug-likeness (QED) is 0.752. The number of hydrogen-bond acceptors (Lipinski definition) is 3. The van der Waals surface area contributed by atoms with Gasteiger partial charge in [0.2, 0.25) is 0 Å². The molecule has 0 saturated carbocycles. The van der Waals surface area contributed by atoms with E-state index in [4.69, 9.17) is 16.7 Å². The van der Waals surface area contributed by atoms with Crippen molar-refractivity contribution in [3.8, 4) is 0 Å². The second kappa shape index (κ2) is 2.88. The molecule has 2 aromatic rings. The normalized spacial score (nSPS) is 10.6. The molecule has 14 heavy (non-hydrogen) atoms. The van der Waals surface area contributed by atoms with E-state index in [1.807, 2.05) is 0 Å². The van der Waals surface area contributed by atoms with Crippen LogP contribution >= 0.6 is 11.6 Å². The third-order valence-corrected chi connectivity index (χ3v) is 2.07. The van der Waals surface area contributed by atoms with E-state index in [-0.39, 0.29) is 21.7 Å². The molecule has 0 bridgehead atoms. The molecule has 0 amide bonds. The van der Waals surface area contributed by atoms with Crippen molar-refractivity contribution < 1.29 is 14.3 Å². The lowest BCUT2D eigenvalue weighted by Crippen LogP contribution is -1.96. The summed E-state index contributed by atoms with van der Waals surface area (Å²) in [4.78, 5) is 23.9. The van der Waals surface area contributed by atoms with Gasteiger partial charge < -0.3 is 9.52 Å². The molecule has 1 aromatic carbocycles. The van der Waals surface area contributed by atoms with Gasteiger partial charge in [-0.1, -0.05) is 11.6 Å². The number of fused-ring (bicyclic) bond motifs is 1. The maximum atomic E-state index is 10.8. The van der Waals surface area contributed by atoms with Crippen molar-refractivity contribution in [2.24, 2.45) is 0 Å². The van der Waals surface area contributed by atoms with Gasteiger partial charge in [-0.15, -0.1) is 0 Å². The zero-order valence-corrected chi connectivity index (χ0v) is 7.46. The van der Waals surface area contributed by atoms with Crippen molar-refractivity contribution in [1.82, 2.24) is 4.98 Å². The molecule has 0 aliphatic heterocycles. The van der Waals surface area contributed by atoms with Gasteiger partial charge in [0.05, 0.1) is 5.02 Å². The molecule has 5 nitrogen and oxygen atoms in total. The number of hydrogen-bond donors (Lipinski definition) is 2. The molecule has 0 unspecified atom stereocenters. The maximum absolute atomic E-state index is 10.8. The van der Waals surface area contributed by atoms with Gasteiger partial charge in [-0.25, -0.2) is 9.59 Å². The summed E-state index contributed by atoms with van der Waals surface area (Å²) in [6.45, 7) is 0. The number of aromatic carboxylic acids is 1. The number of rotatable bonds is 1. The van der Waals surface area contributed by atoms with Gasteiger partial charge in [0.1, 0.15) is 11.1 Å². The molecule has 1 aromatic heterocycles. The summed E-state index contributed by atoms with van der Waals surface area (Å²) in [5.74, 6) is -1.90. The van der Waals surface area contributed by atoms with Crippen molar-refractivity contribution in [3.05, 3.63) is 33.3 Å². The van der Waals surface area contributed by atoms with Gasteiger partial charge in [0, 0.05) is 0 Å². The topological polar surface area (TPSA) is 83.3 Å². The predicted octanol–water partition coefficient (Wildman–Crippen LogP) is 1.47. The Morgan fingerprint density at radius 2 is 2.21 bits per heavy atom. The van der Waals surface area contributed by atoms with Crippen molar-refractivity contribution in [2.75, 3.05) is 0 Å². The summed E-state index contributed by atoms with van der Waals surface area (Å²) in [6, 6.07) is 2.67. The molecule has 2 N–H and O–H groups in total. The van der Waals surface area contributed by atoms with E-state index in [9.17, 15) is 9.59 Å². The van der Waals surface area contributed by atoms with Crippen LogP contribution in [0.2, 0.25) is 5.02 Å². The van der Waals surface area contributed by atoms with E-state index in [0.717, 1.165) is 0 Å². The molecule has 1 heterocycles. The lowest BCUT2D eigenvalue weighted by molar-refractivity contribution is 0.0698. The van der Waals surface area contributed by atoms with Gasteiger partial charge in [0.25, 0.3) is 0 Å². The summed E-state index contributed by atoms with van der Waals surface area (Å²) >= 11 is 5.72. The minimum absolute atomic E-state index is 0.0324. The van der Waals surface area contributed by atoms with Crippen LogP contribution in [0.25, 0.3) is 11.1 Å².